The molecule has 5 heteroatoms. The summed E-state index contributed by atoms with van der Waals surface area (Å²) in [7, 11) is 0. The van der Waals surface area contributed by atoms with Crippen molar-refractivity contribution in [3.05, 3.63) is 82.9 Å². The van der Waals surface area contributed by atoms with E-state index in [9.17, 15) is 4.79 Å². The van der Waals surface area contributed by atoms with Crippen LogP contribution >= 0.6 is 11.6 Å². The molecule has 1 amide bonds. The fourth-order valence-electron chi connectivity index (χ4n) is 2.75. The van der Waals surface area contributed by atoms with E-state index in [1.807, 2.05) is 37.3 Å². The van der Waals surface area contributed by atoms with Gasteiger partial charge in [-0.1, -0.05) is 41.4 Å². The molecule has 1 N–H and O–H groups in total. The van der Waals surface area contributed by atoms with E-state index in [1.165, 1.54) is 0 Å². The van der Waals surface area contributed by atoms with Gasteiger partial charge in [-0.25, -0.2) is 4.98 Å². The highest BCUT2D eigenvalue weighted by Gasteiger charge is 2.12. The Labute approximate surface area is 155 Å². The van der Waals surface area contributed by atoms with E-state index in [2.05, 4.69) is 10.3 Å². The Bertz CT molecular complexity index is 1120. The van der Waals surface area contributed by atoms with E-state index in [1.54, 1.807) is 36.4 Å². The van der Waals surface area contributed by atoms with Crippen LogP contribution in [0.4, 0.5) is 5.69 Å². The maximum absolute atomic E-state index is 12.4. The molecule has 0 saturated heterocycles. The first kappa shape index (κ1) is 16.4. The van der Waals surface area contributed by atoms with Crippen molar-refractivity contribution in [1.82, 2.24) is 4.98 Å². The van der Waals surface area contributed by atoms with E-state index < -0.39 is 0 Å². The molecule has 4 nitrogen and oxygen atoms in total. The molecule has 0 spiro atoms. The third kappa shape index (κ3) is 3.19. The summed E-state index contributed by atoms with van der Waals surface area (Å²) in [6.45, 7) is 2.02. The maximum atomic E-state index is 12.4. The minimum Gasteiger partial charge on any atom is -0.436 e. The largest absolute Gasteiger partial charge is 0.436 e. The quantitative estimate of drug-likeness (QED) is 0.508. The van der Waals surface area contributed by atoms with Crippen LogP contribution in [0.1, 0.15) is 15.9 Å². The van der Waals surface area contributed by atoms with Crippen molar-refractivity contribution < 1.29 is 9.21 Å². The molecule has 0 aliphatic heterocycles. The lowest BCUT2D eigenvalue weighted by atomic mass is 10.1. The van der Waals surface area contributed by atoms with Crippen molar-refractivity contribution in [2.75, 3.05) is 5.32 Å². The van der Waals surface area contributed by atoms with Gasteiger partial charge >= 0.3 is 0 Å². The Morgan fingerprint density at radius 2 is 1.88 bits per heavy atom. The maximum Gasteiger partial charge on any atom is 0.257 e. The lowest BCUT2D eigenvalue weighted by Gasteiger charge is -2.06. The van der Waals surface area contributed by atoms with Crippen molar-refractivity contribution >= 4 is 34.3 Å². The summed E-state index contributed by atoms with van der Waals surface area (Å²) in [5.74, 6) is 0.284. The lowest BCUT2D eigenvalue weighted by Crippen LogP contribution is -2.12. The van der Waals surface area contributed by atoms with Crippen LogP contribution in [-0.2, 0) is 0 Å². The summed E-state index contributed by atoms with van der Waals surface area (Å²) < 4.78 is 5.87. The number of oxazole rings is 1. The minimum atomic E-state index is -0.270. The Morgan fingerprint density at radius 1 is 1.04 bits per heavy atom. The number of rotatable bonds is 3. The van der Waals surface area contributed by atoms with Gasteiger partial charge in [0.1, 0.15) is 5.52 Å². The van der Waals surface area contributed by atoms with Crippen LogP contribution in [0.3, 0.4) is 0 Å². The summed E-state index contributed by atoms with van der Waals surface area (Å²) in [5, 5.41) is 3.25. The van der Waals surface area contributed by atoms with Gasteiger partial charge in [0.25, 0.3) is 5.91 Å². The highest BCUT2D eigenvalue weighted by atomic mass is 35.5. The Hall–Kier alpha value is -3.11. The van der Waals surface area contributed by atoms with Crippen LogP contribution in [0, 0.1) is 6.92 Å². The zero-order valence-corrected chi connectivity index (χ0v) is 14.7. The molecular formula is C21H15ClN2O2. The SMILES string of the molecule is Cc1cccc(-c2nc3ccc(NC(=O)c4ccccc4Cl)cc3o2)c1. The van der Waals surface area contributed by atoms with Crippen LogP contribution < -0.4 is 5.32 Å². The summed E-state index contributed by atoms with van der Waals surface area (Å²) in [6, 6.07) is 20.3. The van der Waals surface area contributed by atoms with E-state index in [0.29, 0.717) is 27.7 Å². The van der Waals surface area contributed by atoms with Crippen molar-refractivity contribution in [1.29, 1.82) is 0 Å². The lowest BCUT2D eigenvalue weighted by molar-refractivity contribution is 0.102. The smallest absolute Gasteiger partial charge is 0.257 e. The molecule has 128 valence electrons. The third-order valence-corrected chi connectivity index (χ3v) is 4.36. The number of nitrogens with zero attached hydrogens (tertiary/aromatic N) is 1. The molecule has 1 aromatic heterocycles. The van der Waals surface area contributed by atoms with Gasteiger partial charge < -0.3 is 9.73 Å². The molecule has 0 aliphatic carbocycles. The molecule has 0 aliphatic rings. The van der Waals surface area contributed by atoms with Gasteiger partial charge in [0.05, 0.1) is 10.6 Å². The van der Waals surface area contributed by atoms with Crippen molar-refractivity contribution in [2.24, 2.45) is 0 Å². The van der Waals surface area contributed by atoms with E-state index in [4.69, 9.17) is 16.0 Å². The number of nitrogens with one attached hydrogen (secondary N) is 1. The van der Waals surface area contributed by atoms with Gasteiger partial charge in [-0.2, -0.15) is 0 Å². The van der Waals surface area contributed by atoms with E-state index in [0.717, 1.165) is 16.6 Å². The van der Waals surface area contributed by atoms with Crippen LogP contribution in [0.15, 0.2) is 71.1 Å². The molecule has 26 heavy (non-hydrogen) atoms. The summed E-state index contributed by atoms with van der Waals surface area (Å²) in [5.41, 5.74) is 4.44. The second-order valence-corrected chi connectivity index (χ2v) is 6.41. The normalized spacial score (nSPS) is 10.8. The van der Waals surface area contributed by atoms with Gasteiger partial charge in [0, 0.05) is 17.3 Å². The van der Waals surface area contributed by atoms with Gasteiger partial charge in [0.2, 0.25) is 5.89 Å². The summed E-state index contributed by atoms with van der Waals surface area (Å²) in [4.78, 5) is 16.9. The highest BCUT2D eigenvalue weighted by Crippen LogP contribution is 2.27. The van der Waals surface area contributed by atoms with Crippen LogP contribution in [0.5, 0.6) is 0 Å². The molecule has 0 radical (unpaired) electrons. The summed E-state index contributed by atoms with van der Waals surface area (Å²) in [6.07, 6.45) is 0. The fourth-order valence-corrected chi connectivity index (χ4v) is 2.97. The topological polar surface area (TPSA) is 55.1 Å². The fraction of sp³-hybridized carbons (Fsp3) is 0.0476. The van der Waals surface area contributed by atoms with E-state index in [-0.39, 0.29) is 5.91 Å². The predicted molar refractivity (Wildman–Crippen MR) is 104 cm³/mol. The minimum absolute atomic E-state index is 0.270. The molecule has 0 unspecified atom stereocenters. The number of amides is 1. The van der Waals surface area contributed by atoms with Crippen LogP contribution in [0.25, 0.3) is 22.6 Å². The molecule has 0 atom stereocenters. The van der Waals surface area contributed by atoms with Crippen molar-refractivity contribution in [2.45, 2.75) is 6.92 Å². The molecule has 4 aromatic rings. The van der Waals surface area contributed by atoms with Crippen molar-refractivity contribution in [3.8, 4) is 11.5 Å². The number of hydrogen-bond donors (Lipinski definition) is 1. The summed E-state index contributed by atoms with van der Waals surface area (Å²) >= 11 is 6.07. The van der Waals surface area contributed by atoms with Gasteiger partial charge in [-0.15, -0.1) is 0 Å². The number of fused-ring (bicyclic) bond motifs is 1. The third-order valence-electron chi connectivity index (χ3n) is 4.03. The second-order valence-electron chi connectivity index (χ2n) is 6.00. The average molecular weight is 363 g/mol. The molecule has 0 fully saturated rings. The molecule has 3 aromatic carbocycles. The standard InChI is InChI=1S/C21H15ClN2O2/c1-13-5-4-6-14(11-13)21-24-18-10-9-15(12-19(18)26-21)23-20(25)16-7-2-3-8-17(16)22/h2-12H,1H3,(H,23,25). The zero-order chi connectivity index (χ0) is 18.1. The number of hydrogen-bond acceptors (Lipinski definition) is 3. The molecule has 0 bridgehead atoms. The Balaban J connectivity index is 1.64. The average Bonchev–Trinajstić information content (AvgIpc) is 3.05. The number of aromatic nitrogens is 1. The van der Waals surface area contributed by atoms with Gasteiger partial charge in [-0.3, -0.25) is 4.79 Å². The first-order valence-electron chi connectivity index (χ1n) is 8.14. The second kappa shape index (κ2) is 6.65. The number of benzene rings is 3. The highest BCUT2D eigenvalue weighted by molar-refractivity contribution is 6.34. The monoisotopic (exact) mass is 362 g/mol. The van der Waals surface area contributed by atoms with E-state index >= 15 is 0 Å². The molecule has 1 heterocycles. The first-order valence-corrected chi connectivity index (χ1v) is 8.51. The number of halogens is 1. The Morgan fingerprint density at radius 3 is 2.69 bits per heavy atom. The number of carbonyl (C=O) groups excluding carboxylic acids is 1. The first-order chi connectivity index (χ1) is 12.6. The van der Waals surface area contributed by atoms with Gasteiger partial charge in [-0.05, 0) is 43.3 Å². The number of aryl methyl sites for hydroxylation is 1. The number of anilines is 1. The van der Waals surface area contributed by atoms with Crippen molar-refractivity contribution in [3.63, 3.8) is 0 Å². The molecular weight excluding hydrogens is 348 g/mol. The van der Waals surface area contributed by atoms with Gasteiger partial charge in [0.15, 0.2) is 5.58 Å². The molecule has 0 saturated carbocycles. The molecule has 4 rings (SSSR count). The Kier molecular flexibility index (Phi) is 4.19. The van der Waals surface area contributed by atoms with Crippen LogP contribution in [0.2, 0.25) is 5.02 Å². The zero-order valence-electron chi connectivity index (χ0n) is 14.0. The number of carbonyl (C=O) groups is 1. The predicted octanol–water partition coefficient (Wildman–Crippen LogP) is 5.71. The van der Waals surface area contributed by atoms with Crippen LogP contribution in [-0.4, -0.2) is 10.9 Å².